The first-order valence-electron chi connectivity index (χ1n) is 6.91. The van der Waals surface area contributed by atoms with Crippen LogP contribution in [0.5, 0.6) is 0 Å². The van der Waals surface area contributed by atoms with Crippen molar-refractivity contribution in [2.45, 2.75) is 26.0 Å². The predicted octanol–water partition coefficient (Wildman–Crippen LogP) is 1.34. The number of urea groups is 1. The van der Waals surface area contributed by atoms with Crippen molar-refractivity contribution < 1.29 is 18.0 Å². The number of carbonyl (C=O) groups excluding carboxylic acids is 1. The van der Waals surface area contributed by atoms with E-state index < -0.39 is 15.9 Å². The van der Waals surface area contributed by atoms with Crippen molar-refractivity contribution >= 4 is 15.9 Å². The Balaban J connectivity index is 1.85. The second-order valence-corrected chi connectivity index (χ2v) is 7.47. The third-order valence-corrected chi connectivity index (χ3v) is 5.19. The molecule has 116 valence electrons. The number of benzene rings is 1. The lowest BCUT2D eigenvalue weighted by Crippen LogP contribution is -2.45. The summed E-state index contributed by atoms with van der Waals surface area (Å²) in [7, 11) is -3.04. The molecule has 0 radical (unpaired) electrons. The van der Waals surface area contributed by atoms with E-state index in [0.717, 1.165) is 5.56 Å². The minimum absolute atomic E-state index is 0.00342. The number of nitrogens with one attached hydrogen (secondary N) is 1. The Bertz CT molecular complexity index is 574. The number of nitrogens with zero attached hydrogens (tertiary/aromatic N) is 1. The fourth-order valence-corrected chi connectivity index (χ4v) is 3.56. The van der Waals surface area contributed by atoms with Gasteiger partial charge in [-0.25, -0.2) is 18.7 Å². The summed E-state index contributed by atoms with van der Waals surface area (Å²) >= 11 is 0. The average molecular weight is 312 g/mol. The molecule has 7 heteroatoms. The second kappa shape index (κ2) is 6.91. The zero-order chi connectivity index (χ0) is 15.3. The van der Waals surface area contributed by atoms with Crippen molar-refractivity contribution in [1.82, 2.24) is 10.4 Å². The van der Waals surface area contributed by atoms with Gasteiger partial charge in [-0.05, 0) is 18.9 Å². The fourth-order valence-electron chi connectivity index (χ4n) is 2.18. The molecule has 1 N–H and O–H groups in total. The quantitative estimate of drug-likeness (QED) is 0.855. The summed E-state index contributed by atoms with van der Waals surface area (Å²) in [6, 6.07) is 8.96. The van der Waals surface area contributed by atoms with E-state index in [0.29, 0.717) is 6.42 Å². The molecule has 6 nitrogen and oxygen atoms in total. The molecular formula is C14H20N2O4S. The van der Waals surface area contributed by atoms with Crippen molar-refractivity contribution in [3.63, 3.8) is 0 Å². The van der Waals surface area contributed by atoms with E-state index in [2.05, 4.69) is 5.48 Å². The van der Waals surface area contributed by atoms with Crippen LogP contribution >= 0.6 is 0 Å². The molecule has 0 aromatic heterocycles. The largest absolute Gasteiger partial charge is 0.341 e. The van der Waals surface area contributed by atoms with Gasteiger partial charge in [-0.1, -0.05) is 30.3 Å². The summed E-state index contributed by atoms with van der Waals surface area (Å²) in [6.07, 6.45) is 0.453. The van der Waals surface area contributed by atoms with Crippen LogP contribution in [0.2, 0.25) is 0 Å². The molecule has 1 aliphatic heterocycles. The van der Waals surface area contributed by atoms with Crippen LogP contribution in [0.15, 0.2) is 30.3 Å². The molecule has 1 saturated heterocycles. The van der Waals surface area contributed by atoms with E-state index in [1.54, 1.807) is 0 Å². The highest BCUT2D eigenvalue weighted by atomic mass is 32.2. The molecule has 0 saturated carbocycles. The van der Waals surface area contributed by atoms with Crippen LogP contribution in [0.1, 0.15) is 18.9 Å². The molecule has 0 bridgehead atoms. The van der Waals surface area contributed by atoms with Crippen molar-refractivity contribution in [3.05, 3.63) is 35.9 Å². The Hall–Kier alpha value is -1.60. The molecule has 1 aliphatic rings. The van der Waals surface area contributed by atoms with Gasteiger partial charge >= 0.3 is 6.03 Å². The van der Waals surface area contributed by atoms with Crippen molar-refractivity contribution in [1.29, 1.82) is 0 Å². The van der Waals surface area contributed by atoms with Crippen LogP contribution in [0.3, 0.4) is 0 Å². The first-order chi connectivity index (χ1) is 9.98. The van der Waals surface area contributed by atoms with E-state index in [-0.39, 0.29) is 30.7 Å². The van der Waals surface area contributed by atoms with Gasteiger partial charge in [0.05, 0.1) is 18.1 Å². The van der Waals surface area contributed by atoms with Crippen LogP contribution in [-0.2, 0) is 21.3 Å². The molecule has 2 rings (SSSR count). The number of amides is 2. The summed E-state index contributed by atoms with van der Waals surface area (Å²) in [6.45, 7) is 2.31. The van der Waals surface area contributed by atoms with Crippen LogP contribution in [0, 0.1) is 0 Å². The first kappa shape index (κ1) is 15.8. The van der Waals surface area contributed by atoms with Gasteiger partial charge in [-0.2, -0.15) is 0 Å². The summed E-state index contributed by atoms with van der Waals surface area (Å²) in [5.41, 5.74) is 3.33. The third kappa shape index (κ3) is 4.71. The van der Waals surface area contributed by atoms with Gasteiger partial charge in [-0.3, -0.25) is 4.84 Å². The number of hydroxylamine groups is 1. The number of hydrogen-bond donors (Lipinski definition) is 1. The normalized spacial score (nSPS) is 21.6. The Kier molecular flexibility index (Phi) is 5.19. The van der Waals surface area contributed by atoms with Gasteiger partial charge in [0.15, 0.2) is 9.84 Å². The average Bonchev–Trinajstić information content (AvgIpc) is 2.59. The molecule has 1 aromatic carbocycles. The van der Waals surface area contributed by atoms with Gasteiger partial charge in [0.1, 0.15) is 0 Å². The summed E-state index contributed by atoms with van der Waals surface area (Å²) in [5.74, 6) is 0.131. The lowest BCUT2D eigenvalue weighted by atomic mass is 10.2. The van der Waals surface area contributed by atoms with Crippen LogP contribution in [-0.4, -0.2) is 43.4 Å². The molecule has 0 aliphatic carbocycles. The minimum atomic E-state index is -3.04. The van der Waals surface area contributed by atoms with Crippen molar-refractivity contribution in [3.8, 4) is 0 Å². The molecule has 2 amide bonds. The Morgan fingerprint density at radius 2 is 2.05 bits per heavy atom. The molecule has 1 heterocycles. The van der Waals surface area contributed by atoms with E-state index >= 15 is 0 Å². The highest BCUT2D eigenvalue weighted by Crippen LogP contribution is 2.12. The molecule has 1 unspecified atom stereocenters. The maximum atomic E-state index is 12.1. The van der Waals surface area contributed by atoms with E-state index in [1.807, 2.05) is 37.3 Å². The Labute approximate surface area is 125 Å². The zero-order valence-electron chi connectivity index (χ0n) is 12.0. The monoisotopic (exact) mass is 312 g/mol. The summed E-state index contributed by atoms with van der Waals surface area (Å²) in [5, 5.41) is 0. The number of rotatable bonds is 3. The smallest absolute Gasteiger partial charge is 0.319 e. The van der Waals surface area contributed by atoms with Crippen LogP contribution in [0.4, 0.5) is 4.79 Å². The van der Waals surface area contributed by atoms with Gasteiger partial charge in [0, 0.05) is 12.6 Å². The lowest BCUT2D eigenvalue weighted by molar-refractivity contribution is 0.0333. The first-order valence-corrected chi connectivity index (χ1v) is 8.73. The van der Waals surface area contributed by atoms with Crippen LogP contribution < -0.4 is 5.48 Å². The lowest BCUT2D eigenvalue weighted by Gasteiger charge is -2.26. The highest BCUT2D eigenvalue weighted by Gasteiger charge is 2.27. The van der Waals surface area contributed by atoms with Gasteiger partial charge in [0.25, 0.3) is 0 Å². The Morgan fingerprint density at radius 3 is 2.76 bits per heavy atom. The SMILES string of the molecule is CC1CCS(=O)(=O)CCN1C(=O)NOCc1ccccc1. The van der Waals surface area contributed by atoms with Crippen molar-refractivity contribution in [2.24, 2.45) is 0 Å². The minimum Gasteiger partial charge on any atom is -0.319 e. The predicted molar refractivity (Wildman–Crippen MR) is 79.2 cm³/mol. The van der Waals surface area contributed by atoms with E-state index in [9.17, 15) is 13.2 Å². The van der Waals surface area contributed by atoms with Gasteiger partial charge in [0.2, 0.25) is 0 Å². The molecule has 21 heavy (non-hydrogen) atoms. The van der Waals surface area contributed by atoms with Crippen LogP contribution in [0.25, 0.3) is 0 Å². The van der Waals surface area contributed by atoms with Gasteiger partial charge in [-0.15, -0.1) is 0 Å². The maximum Gasteiger partial charge on any atom is 0.341 e. The standard InChI is InChI=1S/C14H20N2O4S/c1-12-7-9-21(18,19)10-8-16(12)14(17)15-20-11-13-5-3-2-4-6-13/h2-6,12H,7-11H2,1H3,(H,15,17). The Morgan fingerprint density at radius 1 is 1.33 bits per heavy atom. The second-order valence-electron chi connectivity index (χ2n) is 5.16. The zero-order valence-corrected chi connectivity index (χ0v) is 12.8. The number of sulfone groups is 1. The molecule has 1 fully saturated rings. The van der Waals surface area contributed by atoms with E-state index in [4.69, 9.17) is 4.84 Å². The highest BCUT2D eigenvalue weighted by molar-refractivity contribution is 7.91. The fraction of sp³-hybridized carbons (Fsp3) is 0.500. The number of hydrogen-bond acceptors (Lipinski definition) is 4. The maximum absolute atomic E-state index is 12.1. The molecule has 1 atom stereocenters. The molecular weight excluding hydrogens is 292 g/mol. The topological polar surface area (TPSA) is 75.7 Å². The third-order valence-electron chi connectivity index (χ3n) is 3.52. The summed E-state index contributed by atoms with van der Waals surface area (Å²) in [4.78, 5) is 18.8. The van der Waals surface area contributed by atoms with E-state index in [1.165, 1.54) is 4.90 Å². The molecule has 0 spiro atoms. The number of carbonyl (C=O) groups is 1. The molecule has 1 aromatic rings. The summed E-state index contributed by atoms with van der Waals surface area (Å²) < 4.78 is 23.2. The van der Waals surface area contributed by atoms with Gasteiger partial charge < -0.3 is 4.90 Å². The van der Waals surface area contributed by atoms with Crippen molar-refractivity contribution in [2.75, 3.05) is 18.1 Å².